The van der Waals surface area contributed by atoms with Crippen molar-refractivity contribution in [1.82, 2.24) is 4.90 Å². The van der Waals surface area contributed by atoms with Crippen LogP contribution in [0.5, 0.6) is 5.75 Å². The molecular formula is C15H24N2O3. The number of benzene rings is 1. The average Bonchev–Trinajstić information content (AvgIpc) is 2.47. The molecule has 2 atom stereocenters. The van der Waals surface area contributed by atoms with Gasteiger partial charge in [0.1, 0.15) is 18.5 Å². The SMILES string of the molecule is Nc1ccc(OCC(O)CN2CCCCC2CO)cc1. The van der Waals surface area contributed by atoms with Crippen LogP contribution in [0.4, 0.5) is 5.69 Å². The fourth-order valence-corrected chi connectivity index (χ4v) is 2.59. The highest BCUT2D eigenvalue weighted by Gasteiger charge is 2.23. The van der Waals surface area contributed by atoms with Crippen LogP contribution in [-0.2, 0) is 0 Å². The van der Waals surface area contributed by atoms with Crippen molar-refractivity contribution < 1.29 is 14.9 Å². The van der Waals surface area contributed by atoms with Gasteiger partial charge in [-0.1, -0.05) is 6.42 Å². The Balaban J connectivity index is 1.76. The van der Waals surface area contributed by atoms with E-state index in [-0.39, 0.29) is 19.3 Å². The second-order valence-corrected chi connectivity index (χ2v) is 5.36. The molecule has 0 radical (unpaired) electrons. The molecule has 1 saturated heterocycles. The fraction of sp³-hybridized carbons (Fsp3) is 0.600. The van der Waals surface area contributed by atoms with Crippen LogP contribution < -0.4 is 10.5 Å². The topological polar surface area (TPSA) is 79.0 Å². The molecule has 2 rings (SSSR count). The monoisotopic (exact) mass is 280 g/mol. The van der Waals surface area contributed by atoms with Gasteiger partial charge in [0, 0.05) is 18.3 Å². The lowest BCUT2D eigenvalue weighted by Gasteiger charge is -2.35. The van der Waals surface area contributed by atoms with E-state index in [9.17, 15) is 10.2 Å². The highest BCUT2D eigenvalue weighted by atomic mass is 16.5. The Hall–Kier alpha value is -1.30. The molecule has 0 spiro atoms. The van der Waals surface area contributed by atoms with E-state index in [1.54, 1.807) is 24.3 Å². The van der Waals surface area contributed by atoms with E-state index in [0.29, 0.717) is 18.0 Å². The third-order valence-corrected chi connectivity index (χ3v) is 3.73. The fourth-order valence-electron chi connectivity index (χ4n) is 2.59. The first-order valence-corrected chi connectivity index (χ1v) is 7.20. The summed E-state index contributed by atoms with van der Waals surface area (Å²) in [6, 6.07) is 7.30. The zero-order chi connectivity index (χ0) is 14.4. The molecule has 1 aromatic carbocycles. The molecule has 1 aliphatic rings. The molecular weight excluding hydrogens is 256 g/mol. The van der Waals surface area contributed by atoms with Crippen molar-refractivity contribution in [3.63, 3.8) is 0 Å². The van der Waals surface area contributed by atoms with Gasteiger partial charge in [0.15, 0.2) is 0 Å². The first kappa shape index (κ1) is 15.1. The molecule has 0 aromatic heterocycles. The third kappa shape index (κ3) is 4.37. The zero-order valence-electron chi connectivity index (χ0n) is 11.7. The summed E-state index contributed by atoms with van der Waals surface area (Å²) in [5.74, 6) is 0.704. The molecule has 1 aliphatic heterocycles. The highest BCUT2D eigenvalue weighted by molar-refractivity contribution is 5.41. The van der Waals surface area contributed by atoms with Crippen LogP contribution in [0.15, 0.2) is 24.3 Å². The molecule has 4 N–H and O–H groups in total. The number of β-amino-alcohol motifs (C(OH)–C–C–N with tert-alkyl or cyclic N) is 1. The number of nitrogens with zero attached hydrogens (tertiary/aromatic N) is 1. The van der Waals surface area contributed by atoms with E-state index in [1.807, 2.05) is 0 Å². The first-order chi connectivity index (χ1) is 9.69. The summed E-state index contributed by atoms with van der Waals surface area (Å²) in [5, 5.41) is 19.4. The van der Waals surface area contributed by atoms with Crippen LogP contribution in [0, 0.1) is 0 Å². The van der Waals surface area contributed by atoms with Gasteiger partial charge in [-0.05, 0) is 43.7 Å². The first-order valence-electron chi connectivity index (χ1n) is 7.20. The minimum absolute atomic E-state index is 0.158. The van der Waals surface area contributed by atoms with Gasteiger partial charge in [-0.25, -0.2) is 0 Å². The van der Waals surface area contributed by atoms with Gasteiger partial charge in [-0.15, -0.1) is 0 Å². The molecule has 20 heavy (non-hydrogen) atoms. The highest BCUT2D eigenvalue weighted by Crippen LogP contribution is 2.17. The summed E-state index contributed by atoms with van der Waals surface area (Å²) in [5.41, 5.74) is 6.29. The number of hydrogen-bond donors (Lipinski definition) is 3. The van der Waals surface area contributed by atoms with Crippen molar-refractivity contribution in [2.75, 3.05) is 32.0 Å². The van der Waals surface area contributed by atoms with Crippen LogP contribution in [0.25, 0.3) is 0 Å². The minimum atomic E-state index is -0.556. The van der Waals surface area contributed by atoms with Crippen LogP contribution in [0.3, 0.4) is 0 Å². The van der Waals surface area contributed by atoms with Gasteiger partial charge >= 0.3 is 0 Å². The van der Waals surface area contributed by atoms with Crippen LogP contribution in [0.1, 0.15) is 19.3 Å². The normalized spacial score (nSPS) is 21.6. The number of rotatable bonds is 6. The summed E-state index contributed by atoms with van der Waals surface area (Å²) >= 11 is 0. The molecule has 2 unspecified atom stereocenters. The predicted molar refractivity (Wildman–Crippen MR) is 78.7 cm³/mol. The molecule has 1 heterocycles. The molecule has 0 saturated carbocycles. The van der Waals surface area contributed by atoms with Gasteiger partial charge in [0.25, 0.3) is 0 Å². The summed E-state index contributed by atoms with van der Waals surface area (Å²) in [7, 11) is 0. The number of aliphatic hydroxyl groups excluding tert-OH is 2. The zero-order valence-corrected chi connectivity index (χ0v) is 11.7. The van der Waals surface area contributed by atoms with Crippen molar-refractivity contribution in [2.24, 2.45) is 0 Å². The maximum Gasteiger partial charge on any atom is 0.119 e. The number of ether oxygens (including phenoxy) is 1. The molecule has 112 valence electrons. The Morgan fingerprint density at radius 3 is 2.75 bits per heavy atom. The quantitative estimate of drug-likeness (QED) is 0.673. The Bertz CT molecular complexity index is 397. The number of hydrogen-bond acceptors (Lipinski definition) is 5. The molecule has 1 aromatic rings. The van der Waals surface area contributed by atoms with Crippen molar-refractivity contribution in [3.05, 3.63) is 24.3 Å². The second-order valence-electron chi connectivity index (χ2n) is 5.36. The van der Waals surface area contributed by atoms with Gasteiger partial charge in [-0.3, -0.25) is 4.90 Å². The second kappa shape index (κ2) is 7.47. The van der Waals surface area contributed by atoms with Crippen molar-refractivity contribution in [2.45, 2.75) is 31.4 Å². The summed E-state index contributed by atoms with van der Waals surface area (Å²) < 4.78 is 5.54. The van der Waals surface area contributed by atoms with Gasteiger partial charge in [-0.2, -0.15) is 0 Å². The number of piperidine rings is 1. The molecule has 0 aliphatic carbocycles. The Morgan fingerprint density at radius 2 is 2.05 bits per heavy atom. The van der Waals surface area contributed by atoms with Crippen LogP contribution in [0.2, 0.25) is 0 Å². The van der Waals surface area contributed by atoms with E-state index < -0.39 is 6.10 Å². The molecule has 1 fully saturated rings. The lowest BCUT2D eigenvalue weighted by molar-refractivity contribution is 0.0232. The van der Waals surface area contributed by atoms with Crippen molar-refractivity contribution in [3.8, 4) is 5.75 Å². The molecule has 5 nitrogen and oxygen atoms in total. The van der Waals surface area contributed by atoms with Gasteiger partial charge in [0.2, 0.25) is 0 Å². The smallest absolute Gasteiger partial charge is 0.119 e. The number of likely N-dealkylation sites (tertiary alicyclic amines) is 1. The lowest BCUT2D eigenvalue weighted by atomic mass is 10.0. The number of nitrogen functional groups attached to an aromatic ring is 1. The summed E-state index contributed by atoms with van der Waals surface area (Å²) in [6.45, 7) is 1.88. The van der Waals surface area contributed by atoms with Crippen molar-refractivity contribution >= 4 is 5.69 Å². The van der Waals surface area contributed by atoms with Gasteiger partial charge < -0.3 is 20.7 Å². The van der Waals surface area contributed by atoms with E-state index in [2.05, 4.69) is 4.90 Å². The van der Waals surface area contributed by atoms with E-state index in [0.717, 1.165) is 25.8 Å². The largest absolute Gasteiger partial charge is 0.491 e. The molecule has 5 heteroatoms. The van der Waals surface area contributed by atoms with E-state index >= 15 is 0 Å². The summed E-state index contributed by atoms with van der Waals surface area (Å²) in [6.07, 6.45) is 2.73. The Labute approximate surface area is 120 Å². The Morgan fingerprint density at radius 1 is 1.30 bits per heavy atom. The molecule has 0 amide bonds. The molecule has 0 bridgehead atoms. The van der Waals surface area contributed by atoms with Crippen LogP contribution in [-0.4, -0.2) is 53.6 Å². The minimum Gasteiger partial charge on any atom is -0.491 e. The predicted octanol–water partition coefficient (Wildman–Crippen LogP) is 0.855. The van der Waals surface area contributed by atoms with Crippen molar-refractivity contribution in [1.29, 1.82) is 0 Å². The number of nitrogens with two attached hydrogens (primary N) is 1. The standard InChI is InChI=1S/C15H24N2O3/c16-12-4-6-15(7-5-12)20-11-14(19)9-17-8-2-1-3-13(17)10-18/h4-7,13-14,18-19H,1-3,8-11,16H2. The van der Waals surface area contributed by atoms with E-state index in [4.69, 9.17) is 10.5 Å². The van der Waals surface area contributed by atoms with Gasteiger partial charge in [0.05, 0.1) is 6.61 Å². The number of aliphatic hydroxyl groups is 2. The van der Waals surface area contributed by atoms with Crippen LogP contribution >= 0.6 is 0 Å². The summed E-state index contributed by atoms with van der Waals surface area (Å²) in [4.78, 5) is 2.15. The maximum atomic E-state index is 10.1. The van der Waals surface area contributed by atoms with E-state index in [1.165, 1.54) is 0 Å². The average molecular weight is 280 g/mol. The number of anilines is 1. The maximum absolute atomic E-state index is 10.1. The lowest BCUT2D eigenvalue weighted by Crippen LogP contribution is -2.46. The third-order valence-electron chi connectivity index (χ3n) is 3.73. The Kier molecular flexibility index (Phi) is 5.64.